The number of benzene rings is 1. The van der Waals surface area contributed by atoms with Gasteiger partial charge in [0.1, 0.15) is 0 Å². The Morgan fingerprint density at radius 1 is 1.26 bits per heavy atom. The van der Waals surface area contributed by atoms with Gasteiger partial charge in [-0.25, -0.2) is 0 Å². The monoisotopic (exact) mass is 261 g/mol. The number of amides is 1. The average molecular weight is 261 g/mol. The van der Waals surface area contributed by atoms with Crippen molar-refractivity contribution in [2.75, 3.05) is 6.79 Å². The topological polar surface area (TPSA) is 47.6 Å². The number of ether oxygens (including phenoxy) is 2. The van der Waals surface area contributed by atoms with Crippen LogP contribution in [0.3, 0.4) is 0 Å². The first-order valence-corrected chi connectivity index (χ1v) is 6.44. The number of nitrogens with one attached hydrogen (secondary N) is 1. The van der Waals surface area contributed by atoms with Crippen LogP contribution >= 0.6 is 0 Å². The summed E-state index contributed by atoms with van der Waals surface area (Å²) in [5.74, 6) is 1.80. The molecule has 2 rings (SSSR count). The molecule has 1 aromatic carbocycles. The zero-order valence-electron chi connectivity index (χ0n) is 11.5. The van der Waals surface area contributed by atoms with E-state index in [1.165, 1.54) is 6.08 Å². The lowest BCUT2D eigenvalue weighted by atomic mass is 10.1. The molecule has 4 nitrogen and oxygen atoms in total. The third-order valence-electron chi connectivity index (χ3n) is 3.19. The van der Waals surface area contributed by atoms with E-state index in [0.717, 1.165) is 17.1 Å². The number of fused-ring (bicyclic) bond motifs is 1. The van der Waals surface area contributed by atoms with E-state index in [9.17, 15) is 4.79 Å². The maximum Gasteiger partial charge on any atom is 0.244 e. The molecule has 0 spiro atoms. The Hall–Kier alpha value is -1.97. The standard InChI is InChI=1S/C15H19NO3/c1-10(2)11(3)16-15(17)7-5-12-4-6-13-14(8-12)19-9-18-13/h4-8,10-11H,9H2,1-3H3,(H,16,17)/b7-5+/t11-/m1/s1. The molecule has 0 saturated heterocycles. The number of carbonyl (C=O) groups is 1. The fourth-order valence-electron chi connectivity index (χ4n) is 1.63. The summed E-state index contributed by atoms with van der Waals surface area (Å²) in [7, 11) is 0. The lowest BCUT2D eigenvalue weighted by Crippen LogP contribution is -2.34. The van der Waals surface area contributed by atoms with Gasteiger partial charge in [0.05, 0.1) is 0 Å². The highest BCUT2D eigenvalue weighted by Crippen LogP contribution is 2.32. The third kappa shape index (κ3) is 3.50. The van der Waals surface area contributed by atoms with Crippen LogP contribution in [0.5, 0.6) is 11.5 Å². The summed E-state index contributed by atoms with van der Waals surface area (Å²) >= 11 is 0. The second-order valence-corrected chi connectivity index (χ2v) is 4.99. The van der Waals surface area contributed by atoms with E-state index in [2.05, 4.69) is 19.2 Å². The molecule has 1 heterocycles. The highest BCUT2D eigenvalue weighted by atomic mass is 16.7. The van der Waals surface area contributed by atoms with Crippen molar-refractivity contribution in [2.24, 2.45) is 5.92 Å². The van der Waals surface area contributed by atoms with E-state index in [-0.39, 0.29) is 18.7 Å². The summed E-state index contributed by atoms with van der Waals surface area (Å²) in [5, 5.41) is 2.92. The van der Waals surface area contributed by atoms with Gasteiger partial charge in [-0.2, -0.15) is 0 Å². The van der Waals surface area contributed by atoms with Gasteiger partial charge < -0.3 is 14.8 Å². The van der Waals surface area contributed by atoms with Crippen LogP contribution < -0.4 is 14.8 Å². The highest BCUT2D eigenvalue weighted by molar-refractivity contribution is 5.92. The summed E-state index contributed by atoms with van der Waals surface area (Å²) in [6, 6.07) is 5.76. The predicted molar refractivity (Wildman–Crippen MR) is 74.0 cm³/mol. The van der Waals surface area contributed by atoms with E-state index in [1.807, 2.05) is 25.1 Å². The van der Waals surface area contributed by atoms with E-state index in [0.29, 0.717) is 5.92 Å². The number of carbonyl (C=O) groups excluding carboxylic acids is 1. The Balaban J connectivity index is 1.97. The van der Waals surface area contributed by atoms with Gasteiger partial charge in [-0.1, -0.05) is 19.9 Å². The van der Waals surface area contributed by atoms with Crippen molar-refractivity contribution in [1.82, 2.24) is 5.32 Å². The third-order valence-corrected chi connectivity index (χ3v) is 3.19. The van der Waals surface area contributed by atoms with Gasteiger partial charge in [0.2, 0.25) is 12.7 Å². The van der Waals surface area contributed by atoms with Gasteiger partial charge in [0, 0.05) is 12.1 Å². The van der Waals surface area contributed by atoms with Crippen molar-refractivity contribution in [2.45, 2.75) is 26.8 Å². The van der Waals surface area contributed by atoms with Gasteiger partial charge in [-0.3, -0.25) is 4.79 Å². The van der Waals surface area contributed by atoms with Crippen molar-refractivity contribution in [3.8, 4) is 11.5 Å². The summed E-state index contributed by atoms with van der Waals surface area (Å²) in [6.45, 7) is 6.41. The first kappa shape index (κ1) is 13.5. The fourth-order valence-corrected chi connectivity index (χ4v) is 1.63. The number of hydrogen-bond acceptors (Lipinski definition) is 3. The van der Waals surface area contributed by atoms with E-state index in [4.69, 9.17) is 9.47 Å². The molecule has 1 aromatic rings. The zero-order chi connectivity index (χ0) is 13.8. The predicted octanol–water partition coefficient (Wildman–Crippen LogP) is 2.59. The lowest BCUT2D eigenvalue weighted by Gasteiger charge is -2.15. The smallest absolute Gasteiger partial charge is 0.244 e. The molecule has 0 saturated carbocycles. The van der Waals surface area contributed by atoms with Crippen molar-refractivity contribution < 1.29 is 14.3 Å². The largest absolute Gasteiger partial charge is 0.454 e. The highest BCUT2D eigenvalue weighted by Gasteiger charge is 2.12. The molecule has 1 amide bonds. The normalized spacial score (nSPS) is 14.9. The Morgan fingerprint density at radius 2 is 2.00 bits per heavy atom. The van der Waals surface area contributed by atoms with E-state index < -0.39 is 0 Å². The molecule has 0 aromatic heterocycles. The Bertz CT molecular complexity index is 494. The van der Waals surface area contributed by atoms with Crippen LogP contribution in [0.15, 0.2) is 24.3 Å². The molecule has 1 atom stereocenters. The van der Waals surface area contributed by atoms with Crippen molar-refractivity contribution in [1.29, 1.82) is 0 Å². The van der Waals surface area contributed by atoms with E-state index in [1.54, 1.807) is 6.08 Å². The Labute approximate surface area is 113 Å². The first-order chi connectivity index (χ1) is 9.06. The van der Waals surface area contributed by atoms with Crippen LogP contribution in [0.2, 0.25) is 0 Å². The van der Waals surface area contributed by atoms with Gasteiger partial charge >= 0.3 is 0 Å². The minimum absolute atomic E-state index is 0.0844. The molecule has 0 aliphatic carbocycles. The molecular weight excluding hydrogens is 242 g/mol. The Morgan fingerprint density at radius 3 is 2.74 bits per heavy atom. The summed E-state index contributed by atoms with van der Waals surface area (Å²) in [6.07, 6.45) is 3.31. The molecule has 19 heavy (non-hydrogen) atoms. The summed E-state index contributed by atoms with van der Waals surface area (Å²) in [4.78, 5) is 11.7. The molecule has 0 radical (unpaired) electrons. The molecule has 0 fully saturated rings. The molecular formula is C15H19NO3. The molecule has 1 N–H and O–H groups in total. The van der Waals surface area contributed by atoms with Crippen LogP contribution in [0, 0.1) is 5.92 Å². The molecule has 4 heteroatoms. The maximum absolute atomic E-state index is 11.7. The van der Waals surface area contributed by atoms with Gasteiger partial charge in [-0.15, -0.1) is 0 Å². The summed E-state index contributed by atoms with van der Waals surface area (Å²) in [5.41, 5.74) is 0.914. The van der Waals surface area contributed by atoms with Gasteiger partial charge in [0.15, 0.2) is 11.5 Å². The second kappa shape index (κ2) is 5.78. The molecule has 102 valence electrons. The molecule has 0 unspecified atom stereocenters. The summed E-state index contributed by atoms with van der Waals surface area (Å²) < 4.78 is 10.5. The van der Waals surface area contributed by atoms with Crippen LogP contribution in [-0.4, -0.2) is 18.7 Å². The second-order valence-electron chi connectivity index (χ2n) is 4.99. The minimum Gasteiger partial charge on any atom is -0.454 e. The number of rotatable bonds is 4. The molecule has 0 bridgehead atoms. The van der Waals surface area contributed by atoms with Crippen molar-refractivity contribution in [3.05, 3.63) is 29.8 Å². The quantitative estimate of drug-likeness (QED) is 0.847. The van der Waals surface area contributed by atoms with Gasteiger partial charge in [-0.05, 0) is 36.6 Å². The van der Waals surface area contributed by atoms with Crippen LogP contribution in [0.25, 0.3) is 6.08 Å². The lowest BCUT2D eigenvalue weighted by molar-refractivity contribution is -0.117. The van der Waals surface area contributed by atoms with E-state index >= 15 is 0 Å². The number of hydrogen-bond donors (Lipinski definition) is 1. The van der Waals surface area contributed by atoms with Crippen LogP contribution in [0.4, 0.5) is 0 Å². The van der Waals surface area contributed by atoms with Crippen LogP contribution in [0.1, 0.15) is 26.3 Å². The molecule has 1 aliphatic rings. The fraction of sp³-hybridized carbons (Fsp3) is 0.400. The van der Waals surface area contributed by atoms with Crippen molar-refractivity contribution >= 4 is 12.0 Å². The zero-order valence-corrected chi connectivity index (χ0v) is 11.5. The van der Waals surface area contributed by atoms with Gasteiger partial charge in [0.25, 0.3) is 0 Å². The maximum atomic E-state index is 11.7. The van der Waals surface area contributed by atoms with Crippen LogP contribution in [-0.2, 0) is 4.79 Å². The van der Waals surface area contributed by atoms with Crippen molar-refractivity contribution in [3.63, 3.8) is 0 Å². The first-order valence-electron chi connectivity index (χ1n) is 6.44. The molecule has 1 aliphatic heterocycles. The average Bonchev–Trinajstić information content (AvgIpc) is 2.83. The Kier molecular flexibility index (Phi) is 4.10. The SMILES string of the molecule is CC(C)[C@@H](C)NC(=O)/C=C/c1ccc2c(c1)OCO2. The minimum atomic E-state index is -0.0844.